The summed E-state index contributed by atoms with van der Waals surface area (Å²) in [7, 11) is 0. The largest absolute Gasteiger partial charge is 0.359 e. The van der Waals surface area contributed by atoms with E-state index < -0.39 is 0 Å². The second-order valence-corrected chi connectivity index (χ2v) is 8.69. The molecule has 2 heterocycles. The lowest BCUT2D eigenvalue weighted by molar-refractivity contribution is 0.231. The van der Waals surface area contributed by atoms with Crippen LogP contribution in [0.3, 0.4) is 0 Å². The molecule has 3 rings (SSSR count). The maximum Gasteiger partial charge on any atom is 0.157 e. The van der Waals surface area contributed by atoms with Crippen molar-refractivity contribution in [3.05, 3.63) is 30.1 Å². The number of hydrogen-bond acceptors (Lipinski definition) is 3. The van der Waals surface area contributed by atoms with Gasteiger partial charge in [0, 0.05) is 29.2 Å². The van der Waals surface area contributed by atoms with Gasteiger partial charge in [-0.2, -0.15) is 0 Å². The van der Waals surface area contributed by atoms with Gasteiger partial charge in [-0.05, 0) is 69.6 Å². The predicted octanol–water partition coefficient (Wildman–Crippen LogP) is 4.04. The van der Waals surface area contributed by atoms with Gasteiger partial charge in [0.05, 0.1) is 0 Å². The summed E-state index contributed by atoms with van der Waals surface area (Å²) in [6.45, 7) is 7.93. The third-order valence-corrected chi connectivity index (χ3v) is 7.07. The van der Waals surface area contributed by atoms with Gasteiger partial charge in [-0.1, -0.05) is 18.7 Å². The maximum absolute atomic E-state index is 4.83. The molecule has 0 amide bonds. The summed E-state index contributed by atoms with van der Waals surface area (Å²) in [6.07, 6.45) is 10.0. The SMILES string of the molecule is CC1CCC2(CC1)SC(=NCCc1ccncc1)NC2(C)C. The van der Waals surface area contributed by atoms with Gasteiger partial charge < -0.3 is 5.32 Å². The van der Waals surface area contributed by atoms with Crippen molar-refractivity contribution in [1.82, 2.24) is 10.3 Å². The zero-order valence-electron chi connectivity index (χ0n) is 13.9. The molecular formula is C18H27N3S. The van der Waals surface area contributed by atoms with E-state index in [9.17, 15) is 0 Å². The zero-order chi connectivity index (χ0) is 15.6. The minimum absolute atomic E-state index is 0.146. The van der Waals surface area contributed by atoms with Crippen LogP contribution in [0.2, 0.25) is 0 Å². The highest BCUT2D eigenvalue weighted by Crippen LogP contribution is 2.52. The molecule has 1 aliphatic heterocycles. The van der Waals surface area contributed by atoms with Gasteiger partial charge in [-0.25, -0.2) is 0 Å². The molecular weight excluding hydrogens is 290 g/mol. The van der Waals surface area contributed by atoms with E-state index in [0.717, 1.165) is 24.1 Å². The van der Waals surface area contributed by atoms with Crippen LogP contribution >= 0.6 is 11.8 Å². The van der Waals surface area contributed by atoms with Crippen LogP contribution in [-0.2, 0) is 6.42 Å². The van der Waals surface area contributed by atoms with Crippen LogP contribution in [0, 0.1) is 5.92 Å². The van der Waals surface area contributed by atoms with Crippen molar-refractivity contribution >= 4 is 16.9 Å². The van der Waals surface area contributed by atoms with Gasteiger partial charge in [0.15, 0.2) is 5.17 Å². The topological polar surface area (TPSA) is 37.3 Å². The minimum atomic E-state index is 0.146. The van der Waals surface area contributed by atoms with Crippen LogP contribution in [0.5, 0.6) is 0 Å². The summed E-state index contributed by atoms with van der Waals surface area (Å²) in [5, 5.41) is 4.84. The number of hydrogen-bond donors (Lipinski definition) is 1. The molecule has 1 aromatic heterocycles. The maximum atomic E-state index is 4.83. The first-order chi connectivity index (χ1) is 10.5. The van der Waals surface area contributed by atoms with E-state index in [4.69, 9.17) is 4.99 Å². The smallest absolute Gasteiger partial charge is 0.157 e. The molecule has 2 fully saturated rings. The monoisotopic (exact) mass is 317 g/mol. The average Bonchev–Trinajstić information content (AvgIpc) is 2.74. The van der Waals surface area contributed by atoms with Crippen molar-refractivity contribution in [1.29, 1.82) is 0 Å². The number of aliphatic imine (C=N–C) groups is 1. The number of pyridine rings is 1. The Morgan fingerprint density at radius 3 is 2.64 bits per heavy atom. The zero-order valence-corrected chi connectivity index (χ0v) is 14.7. The normalized spacial score (nSPS) is 32.3. The highest BCUT2D eigenvalue weighted by molar-refractivity contribution is 8.15. The number of nitrogens with one attached hydrogen (secondary N) is 1. The van der Waals surface area contributed by atoms with Crippen molar-refractivity contribution in [3.8, 4) is 0 Å². The van der Waals surface area contributed by atoms with E-state index in [1.54, 1.807) is 0 Å². The van der Waals surface area contributed by atoms with Gasteiger partial charge >= 0.3 is 0 Å². The fraction of sp³-hybridized carbons (Fsp3) is 0.667. The van der Waals surface area contributed by atoms with Gasteiger partial charge in [0.1, 0.15) is 0 Å². The molecule has 1 spiro atoms. The number of aromatic nitrogens is 1. The lowest BCUT2D eigenvalue weighted by Gasteiger charge is -2.43. The highest BCUT2D eigenvalue weighted by Gasteiger charge is 2.53. The first-order valence-electron chi connectivity index (χ1n) is 8.41. The summed E-state index contributed by atoms with van der Waals surface area (Å²) < 4.78 is 0.342. The van der Waals surface area contributed by atoms with Crippen molar-refractivity contribution in [3.63, 3.8) is 0 Å². The Balaban J connectivity index is 1.63. The fourth-order valence-corrected chi connectivity index (χ4v) is 5.16. The Morgan fingerprint density at radius 2 is 1.95 bits per heavy atom. The average molecular weight is 318 g/mol. The van der Waals surface area contributed by atoms with E-state index in [2.05, 4.69) is 43.2 Å². The summed E-state index contributed by atoms with van der Waals surface area (Å²) >= 11 is 2.00. The second-order valence-electron chi connectivity index (χ2n) is 7.32. The predicted molar refractivity (Wildman–Crippen MR) is 95.4 cm³/mol. The van der Waals surface area contributed by atoms with Crippen LogP contribution in [0.1, 0.15) is 52.0 Å². The molecule has 22 heavy (non-hydrogen) atoms. The third kappa shape index (κ3) is 3.17. The van der Waals surface area contributed by atoms with Gasteiger partial charge in [0.25, 0.3) is 0 Å². The van der Waals surface area contributed by atoms with E-state index in [0.29, 0.717) is 4.75 Å². The Labute approximate surface area is 138 Å². The molecule has 1 saturated heterocycles. The fourth-order valence-electron chi connectivity index (χ4n) is 3.58. The van der Waals surface area contributed by atoms with Gasteiger partial charge in [-0.3, -0.25) is 9.98 Å². The minimum Gasteiger partial charge on any atom is -0.359 e. The van der Waals surface area contributed by atoms with Crippen molar-refractivity contribution in [2.75, 3.05) is 6.54 Å². The van der Waals surface area contributed by atoms with Gasteiger partial charge in [0.2, 0.25) is 0 Å². The van der Waals surface area contributed by atoms with Crippen LogP contribution in [-0.4, -0.2) is 27.0 Å². The summed E-state index contributed by atoms with van der Waals surface area (Å²) in [5.74, 6) is 0.884. The van der Waals surface area contributed by atoms with Crippen LogP contribution < -0.4 is 5.32 Å². The molecule has 0 unspecified atom stereocenters. The Hall–Kier alpha value is -1.03. The van der Waals surface area contributed by atoms with E-state index in [1.807, 2.05) is 24.2 Å². The number of thioether (sulfide) groups is 1. The van der Waals surface area contributed by atoms with Crippen LogP contribution in [0.4, 0.5) is 0 Å². The standard InChI is InChI=1S/C18H27N3S/c1-14-4-9-18(10-5-14)17(2,3)21-16(22-18)20-13-8-15-6-11-19-12-7-15/h6-7,11-12,14H,4-5,8-10,13H2,1-3H3,(H,20,21). The molecule has 3 nitrogen and oxygen atoms in total. The molecule has 0 radical (unpaired) electrons. The quantitative estimate of drug-likeness (QED) is 0.914. The summed E-state index contributed by atoms with van der Waals surface area (Å²) in [6, 6.07) is 4.15. The Bertz CT molecular complexity index is 531. The molecule has 0 atom stereocenters. The molecule has 120 valence electrons. The first-order valence-corrected chi connectivity index (χ1v) is 9.23. The molecule has 1 N–H and O–H groups in total. The molecule has 1 aliphatic carbocycles. The lowest BCUT2D eigenvalue weighted by atomic mass is 9.73. The van der Waals surface area contributed by atoms with Gasteiger partial charge in [-0.15, -0.1) is 0 Å². The lowest BCUT2D eigenvalue weighted by Crippen LogP contribution is -2.52. The molecule has 1 aromatic rings. The number of nitrogens with zero attached hydrogens (tertiary/aromatic N) is 2. The van der Waals surface area contributed by atoms with E-state index >= 15 is 0 Å². The second kappa shape index (κ2) is 6.23. The first kappa shape index (κ1) is 15.9. The highest BCUT2D eigenvalue weighted by atomic mass is 32.2. The number of rotatable bonds is 3. The van der Waals surface area contributed by atoms with E-state index in [1.165, 1.54) is 31.2 Å². The Morgan fingerprint density at radius 1 is 1.27 bits per heavy atom. The summed E-state index contributed by atoms with van der Waals surface area (Å²) in [5.41, 5.74) is 1.45. The number of amidine groups is 1. The van der Waals surface area contributed by atoms with Crippen molar-refractivity contribution in [2.24, 2.45) is 10.9 Å². The van der Waals surface area contributed by atoms with Crippen LogP contribution in [0.15, 0.2) is 29.5 Å². The van der Waals surface area contributed by atoms with Crippen molar-refractivity contribution < 1.29 is 0 Å². The third-order valence-electron chi connectivity index (χ3n) is 5.34. The Kier molecular flexibility index (Phi) is 4.49. The molecule has 0 bridgehead atoms. The molecule has 0 aromatic carbocycles. The summed E-state index contributed by atoms with van der Waals surface area (Å²) in [4.78, 5) is 8.89. The molecule has 1 saturated carbocycles. The van der Waals surface area contributed by atoms with E-state index in [-0.39, 0.29) is 5.54 Å². The molecule has 4 heteroatoms. The molecule has 2 aliphatic rings. The van der Waals surface area contributed by atoms with Crippen LogP contribution in [0.25, 0.3) is 0 Å². The van der Waals surface area contributed by atoms with Crippen molar-refractivity contribution in [2.45, 2.75) is 63.2 Å².